The van der Waals surface area contributed by atoms with Gasteiger partial charge in [0.15, 0.2) is 11.0 Å². The molecule has 2 aromatic heterocycles. The first kappa shape index (κ1) is 11.7. The molecule has 2 heterocycles. The number of phenolic OH excluding ortho intramolecular Hbond substituents is 1. The normalized spacial score (nSPS) is 10.6. The molecule has 0 saturated carbocycles. The van der Waals surface area contributed by atoms with Crippen molar-refractivity contribution in [2.75, 3.05) is 5.32 Å². The largest absolute Gasteiger partial charge is 0.508 e. The molecule has 2 N–H and O–H groups in total. The number of nitrogens with zero attached hydrogens (tertiary/aromatic N) is 3. The number of pyridine rings is 1. The fourth-order valence-electron chi connectivity index (χ4n) is 1.78. The minimum atomic E-state index is 0.175. The topological polar surface area (TPSA) is 70.9 Å². The van der Waals surface area contributed by atoms with Gasteiger partial charge < -0.3 is 10.4 Å². The lowest BCUT2D eigenvalue weighted by Gasteiger charge is -2.08. The van der Waals surface area contributed by atoms with Gasteiger partial charge in [0.05, 0.1) is 0 Å². The van der Waals surface area contributed by atoms with E-state index in [4.69, 9.17) is 11.6 Å². The van der Waals surface area contributed by atoms with Crippen molar-refractivity contribution in [2.24, 2.45) is 0 Å². The van der Waals surface area contributed by atoms with Crippen molar-refractivity contribution in [2.45, 2.75) is 0 Å². The summed E-state index contributed by atoms with van der Waals surface area (Å²) in [6.07, 6.45) is 3.31. The average molecular weight is 273 g/mol. The Morgan fingerprint density at radius 1 is 1.11 bits per heavy atom. The first-order chi connectivity index (χ1) is 9.24. The smallest absolute Gasteiger partial charge is 0.162 e. The molecule has 1 aromatic carbocycles. The summed E-state index contributed by atoms with van der Waals surface area (Å²) in [6, 6.07) is 8.52. The van der Waals surface area contributed by atoms with E-state index in [-0.39, 0.29) is 5.75 Å². The molecule has 0 saturated heterocycles. The molecule has 0 fully saturated rings. The summed E-state index contributed by atoms with van der Waals surface area (Å²) >= 11 is 5.99. The second-order valence-electron chi connectivity index (χ2n) is 3.94. The molecule has 3 rings (SSSR count). The molecule has 0 spiro atoms. The zero-order valence-corrected chi connectivity index (χ0v) is 10.5. The number of aromatic hydroxyl groups is 1. The predicted octanol–water partition coefficient (Wildman–Crippen LogP) is 3.13. The summed E-state index contributed by atoms with van der Waals surface area (Å²) in [4.78, 5) is 4.06. The van der Waals surface area contributed by atoms with E-state index in [0.717, 1.165) is 10.8 Å². The van der Waals surface area contributed by atoms with Gasteiger partial charge in [-0.25, -0.2) is 0 Å². The molecule has 19 heavy (non-hydrogen) atoms. The second-order valence-corrected chi connectivity index (χ2v) is 4.29. The minimum absolute atomic E-state index is 0.175. The van der Waals surface area contributed by atoms with E-state index < -0.39 is 0 Å². The lowest BCUT2D eigenvalue weighted by atomic mass is 10.2. The van der Waals surface area contributed by atoms with E-state index >= 15 is 0 Å². The Kier molecular flexibility index (Phi) is 2.89. The summed E-state index contributed by atoms with van der Waals surface area (Å²) in [5, 5.41) is 22.3. The lowest BCUT2D eigenvalue weighted by molar-refractivity contribution is 0.475. The number of hydrogen-bond acceptors (Lipinski definition) is 5. The van der Waals surface area contributed by atoms with Crippen molar-refractivity contribution < 1.29 is 5.11 Å². The number of hydrogen-bond donors (Lipinski definition) is 2. The van der Waals surface area contributed by atoms with Crippen LogP contribution in [0.25, 0.3) is 10.8 Å². The first-order valence-corrected chi connectivity index (χ1v) is 5.94. The number of anilines is 2. The van der Waals surface area contributed by atoms with Gasteiger partial charge in [-0.15, -0.1) is 10.2 Å². The SMILES string of the molecule is Oc1cccc(Nc2nnc(Cl)c3ccncc23)c1. The van der Waals surface area contributed by atoms with Crippen LogP contribution < -0.4 is 5.32 Å². The Hall–Kier alpha value is -2.40. The van der Waals surface area contributed by atoms with Crippen molar-refractivity contribution in [3.8, 4) is 5.75 Å². The Balaban J connectivity index is 2.09. The van der Waals surface area contributed by atoms with Crippen LogP contribution in [-0.2, 0) is 0 Å². The standard InChI is InChI=1S/C13H9ClN4O/c14-12-10-4-5-15-7-11(10)13(18-17-12)16-8-2-1-3-9(19)6-8/h1-7,19H,(H,16,18). The zero-order chi connectivity index (χ0) is 13.2. The van der Waals surface area contributed by atoms with Gasteiger partial charge in [-0.05, 0) is 18.2 Å². The third kappa shape index (κ3) is 2.28. The maximum absolute atomic E-state index is 9.44. The highest BCUT2D eigenvalue weighted by molar-refractivity contribution is 6.34. The summed E-state index contributed by atoms with van der Waals surface area (Å²) in [7, 11) is 0. The molecule has 3 aromatic rings. The Bertz CT molecular complexity index is 748. The highest BCUT2D eigenvalue weighted by Crippen LogP contribution is 2.27. The average Bonchev–Trinajstić information content (AvgIpc) is 2.42. The van der Waals surface area contributed by atoms with Crippen LogP contribution in [-0.4, -0.2) is 20.3 Å². The number of benzene rings is 1. The van der Waals surface area contributed by atoms with Crippen LogP contribution >= 0.6 is 11.6 Å². The summed E-state index contributed by atoms with van der Waals surface area (Å²) < 4.78 is 0. The Morgan fingerprint density at radius 3 is 2.84 bits per heavy atom. The maximum atomic E-state index is 9.44. The monoisotopic (exact) mass is 272 g/mol. The molecule has 0 aliphatic rings. The van der Waals surface area contributed by atoms with E-state index in [1.807, 2.05) is 6.07 Å². The zero-order valence-electron chi connectivity index (χ0n) is 9.71. The van der Waals surface area contributed by atoms with Gasteiger partial charge in [0.25, 0.3) is 0 Å². The third-order valence-electron chi connectivity index (χ3n) is 2.65. The maximum Gasteiger partial charge on any atom is 0.162 e. The van der Waals surface area contributed by atoms with Crippen molar-refractivity contribution in [1.29, 1.82) is 0 Å². The first-order valence-electron chi connectivity index (χ1n) is 5.56. The molecule has 0 bridgehead atoms. The predicted molar refractivity (Wildman–Crippen MR) is 73.7 cm³/mol. The van der Waals surface area contributed by atoms with Crippen molar-refractivity contribution in [3.63, 3.8) is 0 Å². The van der Waals surface area contributed by atoms with Crippen molar-refractivity contribution in [1.82, 2.24) is 15.2 Å². The van der Waals surface area contributed by atoms with Gasteiger partial charge in [0, 0.05) is 34.9 Å². The molecule has 6 heteroatoms. The van der Waals surface area contributed by atoms with Gasteiger partial charge in [-0.3, -0.25) is 4.98 Å². The minimum Gasteiger partial charge on any atom is -0.508 e. The van der Waals surface area contributed by atoms with Crippen LogP contribution in [0, 0.1) is 0 Å². The summed E-state index contributed by atoms with van der Waals surface area (Å²) in [5.41, 5.74) is 0.710. The van der Waals surface area contributed by atoms with Crippen LogP contribution in [0.4, 0.5) is 11.5 Å². The van der Waals surface area contributed by atoms with Crippen molar-refractivity contribution in [3.05, 3.63) is 47.9 Å². The van der Waals surface area contributed by atoms with Gasteiger partial charge in [0.1, 0.15) is 5.75 Å². The molecule has 0 unspecified atom stereocenters. The molecule has 5 nitrogen and oxygen atoms in total. The van der Waals surface area contributed by atoms with Crippen LogP contribution in [0.3, 0.4) is 0 Å². The highest BCUT2D eigenvalue weighted by Gasteiger charge is 2.08. The van der Waals surface area contributed by atoms with E-state index in [0.29, 0.717) is 16.7 Å². The fourth-order valence-corrected chi connectivity index (χ4v) is 1.98. The van der Waals surface area contributed by atoms with Gasteiger partial charge in [0.2, 0.25) is 0 Å². The number of nitrogens with one attached hydrogen (secondary N) is 1. The molecule has 94 valence electrons. The van der Waals surface area contributed by atoms with Gasteiger partial charge in [-0.2, -0.15) is 0 Å². The van der Waals surface area contributed by atoms with E-state index in [1.165, 1.54) is 0 Å². The van der Waals surface area contributed by atoms with Gasteiger partial charge in [-0.1, -0.05) is 17.7 Å². The quantitative estimate of drug-likeness (QED) is 0.750. The number of fused-ring (bicyclic) bond motifs is 1. The number of rotatable bonds is 2. The van der Waals surface area contributed by atoms with E-state index in [2.05, 4.69) is 20.5 Å². The summed E-state index contributed by atoms with van der Waals surface area (Å²) in [5.74, 6) is 0.715. The highest BCUT2D eigenvalue weighted by atomic mass is 35.5. The fraction of sp³-hybridized carbons (Fsp3) is 0. The van der Waals surface area contributed by atoms with E-state index in [1.54, 1.807) is 36.7 Å². The molecule has 0 atom stereocenters. The van der Waals surface area contributed by atoms with E-state index in [9.17, 15) is 5.11 Å². The van der Waals surface area contributed by atoms with Crippen LogP contribution in [0.15, 0.2) is 42.7 Å². The van der Waals surface area contributed by atoms with Crippen LogP contribution in [0.1, 0.15) is 0 Å². The lowest BCUT2D eigenvalue weighted by Crippen LogP contribution is -1.97. The van der Waals surface area contributed by atoms with Crippen molar-refractivity contribution >= 4 is 33.9 Å². The number of aromatic nitrogens is 3. The van der Waals surface area contributed by atoms with Crippen LogP contribution in [0.2, 0.25) is 5.15 Å². The number of halogens is 1. The molecule has 0 aliphatic heterocycles. The van der Waals surface area contributed by atoms with Crippen LogP contribution in [0.5, 0.6) is 5.75 Å². The molecular weight excluding hydrogens is 264 g/mol. The third-order valence-corrected chi connectivity index (χ3v) is 2.92. The Labute approximate surface area is 113 Å². The summed E-state index contributed by atoms with van der Waals surface area (Å²) in [6.45, 7) is 0. The Morgan fingerprint density at radius 2 is 2.00 bits per heavy atom. The molecule has 0 amide bonds. The second kappa shape index (κ2) is 4.70. The molecular formula is C13H9ClN4O. The van der Waals surface area contributed by atoms with Gasteiger partial charge >= 0.3 is 0 Å². The number of phenols is 1. The molecule has 0 aliphatic carbocycles. The molecule has 0 radical (unpaired) electrons.